The lowest BCUT2D eigenvalue weighted by atomic mass is 10.2. The lowest BCUT2D eigenvalue weighted by Gasteiger charge is -2.06. The van der Waals surface area contributed by atoms with E-state index in [1.165, 1.54) is 18.2 Å². The Labute approximate surface area is 109 Å². The second-order valence-electron chi connectivity index (χ2n) is 4.12. The van der Waals surface area contributed by atoms with Gasteiger partial charge in [-0.25, -0.2) is 9.37 Å². The summed E-state index contributed by atoms with van der Waals surface area (Å²) in [7, 11) is 0. The number of halogens is 1. The SMILES string of the molecule is Cc1cnc(NCc2cccc(F)c2)c([N+](=O)[O-])c1. The summed E-state index contributed by atoms with van der Waals surface area (Å²) >= 11 is 0. The zero-order valence-electron chi connectivity index (χ0n) is 10.3. The fourth-order valence-electron chi connectivity index (χ4n) is 1.66. The molecule has 1 N–H and O–H groups in total. The van der Waals surface area contributed by atoms with Gasteiger partial charge in [-0.15, -0.1) is 0 Å². The van der Waals surface area contributed by atoms with Crippen molar-refractivity contribution in [1.82, 2.24) is 4.98 Å². The molecule has 0 saturated carbocycles. The monoisotopic (exact) mass is 261 g/mol. The van der Waals surface area contributed by atoms with Crippen LogP contribution in [0.25, 0.3) is 0 Å². The molecule has 0 bridgehead atoms. The Morgan fingerprint density at radius 1 is 1.42 bits per heavy atom. The van der Waals surface area contributed by atoms with E-state index in [2.05, 4.69) is 10.3 Å². The molecule has 0 fully saturated rings. The molecule has 0 radical (unpaired) electrons. The molecule has 19 heavy (non-hydrogen) atoms. The van der Waals surface area contributed by atoms with Crippen LogP contribution in [-0.2, 0) is 6.54 Å². The Bertz CT molecular complexity index is 617. The molecule has 2 rings (SSSR count). The fraction of sp³-hybridized carbons (Fsp3) is 0.154. The number of rotatable bonds is 4. The molecule has 0 amide bonds. The summed E-state index contributed by atoms with van der Waals surface area (Å²) in [4.78, 5) is 14.4. The highest BCUT2D eigenvalue weighted by molar-refractivity contribution is 5.56. The summed E-state index contributed by atoms with van der Waals surface area (Å²) in [5, 5.41) is 13.8. The van der Waals surface area contributed by atoms with Crippen molar-refractivity contribution >= 4 is 11.5 Å². The van der Waals surface area contributed by atoms with Crippen molar-refractivity contribution in [3.05, 3.63) is 63.6 Å². The van der Waals surface area contributed by atoms with Crippen molar-refractivity contribution in [2.45, 2.75) is 13.5 Å². The second kappa shape index (κ2) is 5.43. The number of anilines is 1. The van der Waals surface area contributed by atoms with Gasteiger partial charge in [-0.3, -0.25) is 10.1 Å². The highest BCUT2D eigenvalue weighted by atomic mass is 19.1. The van der Waals surface area contributed by atoms with E-state index in [4.69, 9.17) is 0 Å². The molecule has 0 unspecified atom stereocenters. The van der Waals surface area contributed by atoms with Gasteiger partial charge in [-0.2, -0.15) is 0 Å². The van der Waals surface area contributed by atoms with Crippen molar-refractivity contribution < 1.29 is 9.31 Å². The number of pyridine rings is 1. The Morgan fingerprint density at radius 3 is 2.89 bits per heavy atom. The van der Waals surface area contributed by atoms with Crippen LogP contribution in [0.2, 0.25) is 0 Å². The van der Waals surface area contributed by atoms with Crippen molar-refractivity contribution in [2.75, 3.05) is 5.32 Å². The Balaban J connectivity index is 2.17. The van der Waals surface area contributed by atoms with Gasteiger partial charge in [0.1, 0.15) is 5.82 Å². The predicted molar refractivity (Wildman–Crippen MR) is 69.4 cm³/mol. The number of aromatic nitrogens is 1. The van der Waals surface area contributed by atoms with Crippen LogP contribution < -0.4 is 5.32 Å². The number of aryl methyl sites for hydroxylation is 1. The first-order chi connectivity index (χ1) is 9.06. The van der Waals surface area contributed by atoms with E-state index in [9.17, 15) is 14.5 Å². The van der Waals surface area contributed by atoms with Crippen LogP contribution in [0.5, 0.6) is 0 Å². The molecule has 0 aliphatic carbocycles. The smallest absolute Gasteiger partial charge is 0.311 e. The number of benzene rings is 1. The van der Waals surface area contributed by atoms with Gasteiger partial charge >= 0.3 is 5.69 Å². The standard InChI is InChI=1S/C13H12FN3O2/c1-9-5-12(17(18)19)13(15-7-9)16-8-10-3-2-4-11(14)6-10/h2-7H,8H2,1H3,(H,15,16). The molecule has 6 heteroatoms. The summed E-state index contributed by atoms with van der Waals surface area (Å²) in [6, 6.07) is 7.48. The maximum atomic E-state index is 13.0. The average molecular weight is 261 g/mol. The molecule has 0 atom stereocenters. The van der Waals surface area contributed by atoms with Crippen molar-refractivity contribution in [3.8, 4) is 0 Å². The first-order valence-electron chi connectivity index (χ1n) is 5.65. The van der Waals surface area contributed by atoms with Gasteiger partial charge in [0.15, 0.2) is 0 Å². The van der Waals surface area contributed by atoms with Crippen LogP contribution in [-0.4, -0.2) is 9.91 Å². The van der Waals surface area contributed by atoms with E-state index in [0.29, 0.717) is 11.1 Å². The summed E-state index contributed by atoms with van der Waals surface area (Å²) in [6.07, 6.45) is 1.54. The first kappa shape index (κ1) is 12.9. The Morgan fingerprint density at radius 2 is 2.21 bits per heavy atom. The van der Waals surface area contributed by atoms with Crippen molar-refractivity contribution in [3.63, 3.8) is 0 Å². The Kier molecular flexibility index (Phi) is 3.70. The fourth-order valence-corrected chi connectivity index (χ4v) is 1.66. The van der Waals surface area contributed by atoms with Gasteiger partial charge in [0.05, 0.1) is 4.92 Å². The third-order valence-corrected chi connectivity index (χ3v) is 2.55. The summed E-state index contributed by atoms with van der Waals surface area (Å²) in [5.41, 5.74) is 1.32. The molecule has 0 aliphatic rings. The lowest BCUT2D eigenvalue weighted by Crippen LogP contribution is -2.05. The first-order valence-corrected chi connectivity index (χ1v) is 5.65. The van der Waals surface area contributed by atoms with E-state index in [1.807, 2.05) is 0 Å². The van der Waals surface area contributed by atoms with E-state index in [-0.39, 0.29) is 23.9 Å². The molecule has 98 valence electrons. The van der Waals surface area contributed by atoms with E-state index >= 15 is 0 Å². The molecule has 5 nitrogen and oxygen atoms in total. The molecular formula is C13H12FN3O2. The highest BCUT2D eigenvalue weighted by Crippen LogP contribution is 2.22. The third kappa shape index (κ3) is 3.25. The number of hydrogen-bond acceptors (Lipinski definition) is 4. The maximum absolute atomic E-state index is 13.0. The third-order valence-electron chi connectivity index (χ3n) is 2.55. The molecule has 1 aromatic heterocycles. The second-order valence-corrected chi connectivity index (χ2v) is 4.12. The zero-order valence-corrected chi connectivity index (χ0v) is 10.3. The Hall–Kier alpha value is -2.50. The highest BCUT2D eigenvalue weighted by Gasteiger charge is 2.14. The van der Waals surface area contributed by atoms with Gasteiger partial charge in [0, 0.05) is 18.8 Å². The summed E-state index contributed by atoms with van der Waals surface area (Å²) < 4.78 is 13.0. The van der Waals surface area contributed by atoms with E-state index < -0.39 is 4.92 Å². The minimum Gasteiger partial charge on any atom is -0.360 e. The minimum absolute atomic E-state index is 0.0867. The van der Waals surface area contributed by atoms with Gasteiger partial charge < -0.3 is 5.32 Å². The van der Waals surface area contributed by atoms with Crippen molar-refractivity contribution in [2.24, 2.45) is 0 Å². The van der Waals surface area contributed by atoms with Gasteiger partial charge in [-0.05, 0) is 30.2 Å². The molecular weight excluding hydrogens is 249 g/mol. The van der Waals surface area contributed by atoms with Gasteiger partial charge in [0.25, 0.3) is 0 Å². The predicted octanol–water partition coefficient (Wildman–Crippen LogP) is 3.05. The number of hydrogen-bond donors (Lipinski definition) is 1. The van der Waals surface area contributed by atoms with Crippen molar-refractivity contribution in [1.29, 1.82) is 0 Å². The van der Waals surface area contributed by atoms with Crippen LogP contribution >= 0.6 is 0 Å². The van der Waals surface area contributed by atoms with Gasteiger partial charge in [0.2, 0.25) is 5.82 Å². The number of nitrogens with zero attached hydrogens (tertiary/aromatic N) is 2. The van der Waals surface area contributed by atoms with E-state index in [1.54, 1.807) is 25.3 Å². The minimum atomic E-state index is -0.492. The normalized spacial score (nSPS) is 10.2. The van der Waals surface area contributed by atoms with Crippen LogP contribution in [0.3, 0.4) is 0 Å². The van der Waals surface area contributed by atoms with E-state index in [0.717, 1.165) is 0 Å². The quantitative estimate of drug-likeness (QED) is 0.678. The molecule has 2 aromatic rings. The summed E-state index contributed by atoms with van der Waals surface area (Å²) in [5.74, 6) is -0.162. The number of nitro groups is 1. The molecule has 0 spiro atoms. The average Bonchev–Trinajstić information content (AvgIpc) is 2.37. The topological polar surface area (TPSA) is 68.1 Å². The van der Waals surface area contributed by atoms with Crippen LogP contribution in [0, 0.1) is 22.9 Å². The van der Waals surface area contributed by atoms with Crippen LogP contribution in [0.1, 0.15) is 11.1 Å². The summed E-state index contributed by atoms with van der Waals surface area (Å²) in [6.45, 7) is 2.00. The molecule has 0 aliphatic heterocycles. The van der Waals surface area contributed by atoms with Crippen LogP contribution in [0.15, 0.2) is 36.5 Å². The zero-order chi connectivity index (χ0) is 13.8. The largest absolute Gasteiger partial charge is 0.360 e. The van der Waals surface area contributed by atoms with Gasteiger partial charge in [-0.1, -0.05) is 12.1 Å². The molecule has 1 aromatic carbocycles. The maximum Gasteiger partial charge on any atom is 0.311 e. The lowest BCUT2D eigenvalue weighted by molar-refractivity contribution is -0.384. The molecule has 0 saturated heterocycles. The molecule has 1 heterocycles. The van der Waals surface area contributed by atoms with Crippen LogP contribution in [0.4, 0.5) is 15.9 Å². The number of nitrogens with one attached hydrogen (secondary N) is 1.